The monoisotopic (exact) mass is 498 g/mol. The summed E-state index contributed by atoms with van der Waals surface area (Å²) < 4.78 is 11.6. The summed E-state index contributed by atoms with van der Waals surface area (Å²) in [6.07, 6.45) is 1.58. The molecule has 0 fully saturated rings. The van der Waals surface area contributed by atoms with Gasteiger partial charge in [0, 0.05) is 43.1 Å². The minimum absolute atomic E-state index is 0.299. The van der Waals surface area contributed by atoms with Gasteiger partial charge in [0.15, 0.2) is 0 Å². The smallest absolute Gasteiger partial charge is 0.339 e. The molecule has 1 heterocycles. The van der Waals surface area contributed by atoms with Crippen molar-refractivity contribution >= 4 is 22.9 Å². The molecular formula is C32H38N2O3. The Bertz CT molecular complexity index is 1170. The van der Waals surface area contributed by atoms with E-state index in [4.69, 9.17) is 9.47 Å². The zero-order valence-corrected chi connectivity index (χ0v) is 22.7. The highest BCUT2D eigenvalue weighted by Crippen LogP contribution is 2.38. The molecule has 0 aliphatic carbocycles. The quantitative estimate of drug-likeness (QED) is 0.263. The van der Waals surface area contributed by atoms with Crippen molar-refractivity contribution in [3.8, 4) is 5.75 Å². The number of ether oxygens (including phenoxy) is 2. The zero-order chi connectivity index (χ0) is 26.4. The number of fused-ring (bicyclic) bond motifs is 1. The Morgan fingerprint density at radius 2 is 1.30 bits per heavy atom. The SMILES string of the molecule is CCOc1ccc2c(c1)C(C=C(c1ccc(N(CC)CC)cc1)c1ccc(N(CC)CC)cc1)OC2=O. The number of esters is 1. The van der Waals surface area contributed by atoms with E-state index in [0.29, 0.717) is 12.2 Å². The normalized spacial score (nSPS) is 14.1. The molecule has 1 aliphatic heterocycles. The lowest BCUT2D eigenvalue weighted by atomic mass is 9.93. The first-order chi connectivity index (χ1) is 18.0. The van der Waals surface area contributed by atoms with Crippen LogP contribution >= 0.6 is 0 Å². The third-order valence-corrected chi connectivity index (χ3v) is 7.03. The molecule has 3 aromatic carbocycles. The number of carbonyl (C=O) groups excluding carboxylic acids is 1. The van der Waals surface area contributed by atoms with E-state index in [1.54, 1.807) is 6.07 Å². The third kappa shape index (κ3) is 5.66. The molecule has 1 atom stereocenters. The van der Waals surface area contributed by atoms with Gasteiger partial charge in [-0.05, 0) is 99.9 Å². The van der Waals surface area contributed by atoms with Crippen LogP contribution in [0.5, 0.6) is 5.75 Å². The number of rotatable bonds is 11. The fourth-order valence-corrected chi connectivity index (χ4v) is 4.98. The number of benzene rings is 3. The van der Waals surface area contributed by atoms with Crippen molar-refractivity contribution in [2.45, 2.75) is 40.7 Å². The van der Waals surface area contributed by atoms with Gasteiger partial charge in [0.05, 0.1) is 12.2 Å². The van der Waals surface area contributed by atoms with E-state index in [2.05, 4.69) is 92.1 Å². The first kappa shape index (κ1) is 26.3. The van der Waals surface area contributed by atoms with E-state index in [-0.39, 0.29) is 5.97 Å². The van der Waals surface area contributed by atoms with Crippen molar-refractivity contribution < 1.29 is 14.3 Å². The Labute approximate surface area is 221 Å². The Balaban J connectivity index is 1.78. The minimum Gasteiger partial charge on any atom is -0.494 e. The van der Waals surface area contributed by atoms with Gasteiger partial charge in [-0.1, -0.05) is 24.3 Å². The van der Waals surface area contributed by atoms with Gasteiger partial charge < -0.3 is 19.3 Å². The molecule has 0 radical (unpaired) electrons. The summed E-state index contributed by atoms with van der Waals surface area (Å²) in [6.45, 7) is 15.0. The molecule has 3 aromatic rings. The Morgan fingerprint density at radius 3 is 1.76 bits per heavy atom. The van der Waals surface area contributed by atoms with Gasteiger partial charge in [-0.25, -0.2) is 4.79 Å². The highest BCUT2D eigenvalue weighted by Gasteiger charge is 2.30. The van der Waals surface area contributed by atoms with E-state index >= 15 is 0 Å². The fourth-order valence-electron chi connectivity index (χ4n) is 4.98. The second-order valence-electron chi connectivity index (χ2n) is 9.03. The lowest BCUT2D eigenvalue weighted by Gasteiger charge is -2.22. The van der Waals surface area contributed by atoms with Crippen LogP contribution in [0.3, 0.4) is 0 Å². The van der Waals surface area contributed by atoms with Crippen LogP contribution in [0.2, 0.25) is 0 Å². The van der Waals surface area contributed by atoms with E-state index < -0.39 is 6.10 Å². The summed E-state index contributed by atoms with van der Waals surface area (Å²) in [7, 11) is 0. The van der Waals surface area contributed by atoms with Crippen molar-refractivity contribution in [2.24, 2.45) is 0 Å². The average Bonchev–Trinajstić information content (AvgIpc) is 3.24. The van der Waals surface area contributed by atoms with Crippen molar-refractivity contribution in [3.05, 3.63) is 95.1 Å². The highest BCUT2D eigenvalue weighted by atomic mass is 16.5. The molecule has 4 rings (SSSR count). The predicted octanol–water partition coefficient (Wildman–Crippen LogP) is 7.12. The van der Waals surface area contributed by atoms with Crippen LogP contribution < -0.4 is 14.5 Å². The maximum absolute atomic E-state index is 12.7. The third-order valence-electron chi connectivity index (χ3n) is 7.03. The lowest BCUT2D eigenvalue weighted by molar-refractivity contribution is 0.0468. The van der Waals surface area contributed by atoms with Crippen LogP contribution in [0.4, 0.5) is 11.4 Å². The Kier molecular flexibility index (Phi) is 8.54. The van der Waals surface area contributed by atoms with Crippen LogP contribution in [-0.4, -0.2) is 38.8 Å². The van der Waals surface area contributed by atoms with Gasteiger partial charge in [-0.2, -0.15) is 0 Å². The van der Waals surface area contributed by atoms with Gasteiger partial charge in [0.1, 0.15) is 11.9 Å². The van der Waals surface area contributed by atoms with Crippen LogP contribution in [0, 0.1) is 0 Å². The molecular weight excluding hydrogens is 460 g/mol. The number of anilines is 2. The van der Waals surface area contributed by atoms with E-state index in [9.17, 15) is 4.79 Å². The fraction of sp³-hybridized carbons (Fsp3) is 0.344. The molecule has 0 bridgehead atoms. The number of hydrogen-bond acceptors (Lipinski definition) is 5. The molecule has 194 valence electrons. The molecule has 0 aromatic heterocycles. The molecule has 37 heavy (non-hydrogen) atoms. The summed E-state index contributed by atoms with van der Waals surface area (Å²) in [4.78, 5) is 17.3. The van der Waals surface area contributed by atoms with Crippen molar-refractivity contribution in [1.29, 1.82) is 0 Å². The minimum atomic E-state index is -0.483. The summed E-state index contributed by atoms with van der Waals surface area (Å²) in [5.74, 6) is 0.444. The van der Waals surface area contributed by atoms with Crippen molar-refractivity contribution in [2.75, 3.05) is 42.6 Å². The topological polar surface area (TPSA) is 42.0 Å². The van der Waals surface area contributed by atoms with E-state index in [0.717, 1.165) is 54.2 Å². The highest BCUT2D eigenvalue weighted by molar-refractivity contribution is 5.95. The molecule has 0 saturated carbocycles. The predicted molar refractivity (Wildman–Crippen MR) is 153 cm³/mol. The number of hydrogen-bond donors (Lipinski definition) is 0. The molecule has 0 amide bonds. The van der Waals surface area contributed by atoms with Gasteiger partial charge in [-0.15, -0.1) is 0 Å². The van der Waals surface area contributed by atoms with Crippen LogP contribution in [0.25, 0.3) is 5.57 Å². The first-order valence-electron chi connectivity index (χ1n) is 13.4. The number of cyclic esters (lactones) is 1. The molecule has 0 spiro atoms. The second-order valence-corrected chi connectivity index (χ2v) is 9.03. The second kappa shape index (κ2) is 12.0. The van der Waals surface area contributed by atoms with Gasteiger partial charge in [0.25, 0.3) is 0 Å². The Morgan fingerprint density at radius 1 is 0.784 bits per heavy atom. The molecule has 5 heteroatoms. The van der Waals surface area contributed by atoms with Crippen molar-refractivity contribution in [1.82, 2.24) is 0 Å². The van der Waals surface area contributed by atoms with E-state index in [1.165, 1.54) is 11.4 Å². The number of nitrogens with zero attached hydrogens (tertiary/aromatic N) is 2. The first-order valence-corrected chi connectivity index (χ1v) is 13.4. The maximum atomic E-state index is 12.7. The Hall–Kier alpha value is -3.73. The molecule has 5 nitrogen and oxygen atoms in total. The van der Waals surface area contributed by atoms with E-state index in [1.807, 2.05) is 19.1 Å². The standard InChI is InChI=1S/C32H38N2O3/c1-6-33(7-2)25-15-11-23(12-16-25)29(24-13-17-26(18-14-24)34(8-3)9-4)22-31-30-21-27(36-10-5)19-20-28(30)32(35)37-31/h11-22,31H,6-10H2,1-5H3. The van der Waals surface area contributed by atoms with Crippen LogP contribution in [0.1, 0.15) is 67.8 Å². The summed E-state index contributed by atoms with van der Waals surface area (Å²) in [6, 6.07) is 22.9. The van der Waals surface area contributed by atoms with Gasteiger partial charge in [0.2, 0.25) is 0 Å². The maximum Gasteiger partial charge on any atom is 0.339 e. The largest absolute Gasteiger partial charge is 0.494 e. The van der Waals surface area contributed by atoms with Crippen LogP contribution in [0.15, 0.2) is 72.8 Å². The summed E-state index contributed by atoms with van der Waals surface area (Å²) in [5.41, 5.74) is 7.03. The average molecular weight is 499 g/mol. The van der Waals surface area contributed by atoms with Gasteiger partial charge >= 0.3 is 5.97 Å². The van der Waals surface area contributed by atoms with Crippen LogP contribution in [-0.2, 0) is 4.74 Å². The molecule has 0 saturated heterocycles. The molecule has 1 aliphatic rings. The van der Waals surface area contributed by atoms with Crippen molar-refractivity contribution in [3.63, 3.8) is 0 Å². The number of carbonyl (C=O) groups is 1. The lowest BCUT2D eigenvalue weighted by Crippen LogP contribution is -2.21. The summed E-state index contributed by atoms with van der Waals surface area (Å²) >= 11 is 0. The zero-order valence-electron chi connectivity index (χ0n) is 22.7. The molecule has 1 unspecified atom stereocenters. The van der Waals surface area contributed by atoms with Gasteiger partial charge in [-0.3, -0.25) is 0 Å². The summed E-state index contributed by atoms with van der Waals surface area (Å²) in [5, 5.41) is 0. The molecule has 0 N–H and O–H groups in total.